The van der Waals surface area contributed by atoms with Gasteiger partial charge in [-0.3, -0.25) is 19.4 Å². The van der Waals surface area contributed by atoms with Gasteiger partial charge in [0, 0.05) is 66.5 Å². The van der Waals surface area contributed by atoms with Crippen molar-refractivity contribution in [1.82, 2.24) is 29.2 Å². The van der Waals surface area contributed by atoms with Crippen molar-refractivity contribution in [3.8, 4) is 0 Å². The molecule has 54 heavy (non-hydrogen) atoms. The largest absolute Gasteiger partial charge is 0.375 e. The summed E-state index contributed by atoms with van der Waals surface area (Å²) in [5, 5.41) is 3.09. The van der Waals surface area contributed by atoms with Crippen LogP contribution in [0.3, 0.4) is 0 Å². The van der Waals surface area contributed by atoms with Crippen molar-refractivity contribution in [2.45, 2.75) is 69.9 Å². The standard InChI is InChI=1S/C41H43N9O4/c1-25-12-13-42-38(43-25)32-19-33(32)40(52)46-36-18-31(17-34(45-36)28-10-11-28)47(2)21-30-22-48-20-29(27-8-9-27)16-35(39(48)44-30)50-23-37(51)49(41(50)53)14-15-54-24-26-6-4-3-5-7-26/h3-7,12-13,16-18,20,22,27-28,32-33H,8-11,14-15,19,21,23-24H2,1-2H3,(H,45,46,52). The van der Waals surface area contributed by atoms with E-state index in [2.05, 4.69) is 32.4 Å². The molecule has 3 aliphatic carbocycles. The molecular formula is C41H43N9O4. The second-order valence-electron chi connectivity index (χ2n) is 15.1. The zero-order valence-electron chi connectivity index (χ0n) is 30.5. The number of hydrogen-bond donors (Lipinski definition) is 1. The molecule has 3 saturated carbocycles. The van der Waals surface area contributed by atoms with Crippen molar-refractivity contribution >= 4 is 40.7 Å². The quantitative estimate of drug-likeness (QED) is 0.109. The molecule has 13 nitrogen and oxygen atoms in total. The highest BCUT2D eigenvalue weighted by molar-refractivity contribution is 6.13. The Morgan fingerprint density at radius 2 is 1.80 bits per heavy atom. The molecule has 9 rings (SSSR count). The second-order valence-corrected chi connectivity index (χ2v) is 15.1. The molecule has 4 fully saturated rings. The first-order valence-electron chi connectivity index (χ1n) is 18.9. The fourth-order valence-electron chi connectivity index (χ4n) is 7.32. The maximum atomic E-state index is 13.7. The predicted octanol–water partition coefficient (Wildman–Crippen LogP) is 5.95. The molecule has 1 saturated heterocycles. The molecule has 0 radical (unpaired) electrons. The van der Waals surface area contributed by atoms with E-state index in [9.17, 15) is 14.4 Å². The van der Waals surface area contributed by atoms with Crippen LogP contribution in [0.2, 0.25) is 0 Å². The van der Waals surface area contributed by atoms with Gasteiger partial charge in [0.1, 0.15) is 18.2 Å². The molecule has 2 unspecified atom stereocenters. The third kappa shape index (κ3) is 7.15. The lowest BCUT2D eigenvalue weighted by Crippen LogP contribution is -2.35. The Morgan fingerprint density at radius 1 is 0.981 bits per heavy atom. The van der Waals surface area contributed by atoms with Crippen molar-refractivity contribution in [3.63, 3.8) is 0 Å². The second kappa shape index (κ2) is 13.9. The molecule has 5 heterocycles. The predicted molar refractivity (Wildman–Crippen MR) is 202 cm³/mol. The lowest BCUT2D eigenvalue weighted by molar-refractivity contribution is -0.125. The highest BCUT2D eigenvalue weighted by atomic mass is 16.5. The van der Waals surface area contributed by atoms with Crippen molar-refractivity contribution in [3.05, 3.63) is 107 Å². The van der Waals surface area contributed by atoms with Crippen LogP contribution in [0.1, 0.15) is 83.9 Å². The summed E-state index contributed by atoms with van der Waals surface area (Å²) in [6, 6.07) is 17.4. The third-order valence-electron chi connectivity index (χ3n) is 10.8. The molecular weight excluding hydrogens is 683 g/mol. The summed E-state index contributed by atoms with van der Waals surface area (Å²) in [7, 11) is 2.00. The summed E-state index contributed by atoms with van der Waals surface area (Å²) in [5.74, 6) is 1.61. The number of rotatable bonds is 14. The van der Waals surface area contributed by atoms with Gasteiger partial charge in [0.25, 0.3) is 5.91 Å². The lowest BCUT2D eigenvalue weighted by Gasteiger charge is -2.20. The van der Waals surface area contributed by atoms with E-state index in [0.717, 1.165) is 71.8 Å². The average molecular weight is 726 g/mol. The van der Waals surface area contributed by atoms with Gasteiger partial charge in [-0.1, -0.05) is 30.3 Å². The number of urea groups is 1. The van der Waals surface area contributed by atoms with Crippen molar-refractivity contribution < 1.29 is 19.1 Å². The van der Waals surface area contributed by atoms with Gasteiger partial charge in [0.15, 0.2) is 5.65 Å². The number of anilines is 3. The van der Waals surface area contributed by atoms with E-state index in [1.54, 1.807) is 11.1 Å². The first kappa shape index (κ1) is 34.1. The van der Waals surface area contributed by atoms with Gasteiger partial charge in [-0.15, -0.1) is 0 Å². The monoisotopic (exact) mass is 725 g/mol. The van der Waals surface area contributed by atoms with Gasteiger partial charge in [-0.2, -0.15) is 0 Å². The van der Waals surface area contributed by atoms with Crippen LogP contribution in [-0.2, 0) is 27.5 Å². The smallest absolute Gasteiger partial charge is 0.331 e. The highest BCUT2D eigenvalue weighted by Gasteiger charge is 2.46. The first-order chi connectivity index (χ1) is 26.3. The maximum Gasteiger partial charge on any atom is 0.331 e. The molecule has 4 aliphatic rings. The molecule has 2 atom stereocenters. The van der Waals surface area contributed by atoms with Crippen LogP contribution in [0, 0.1) is 12.8 Å². The van der Waals surface area contributed by atoms with Crippen LogP contribution in [-0.4, -0.2) is 73.8 Å². The van der Waals surface area contributed by atoms with Gasteiger partial charge < -0.3 is 19.4 Å². The minimum Gasteiger partial charge on any atom is -0.375 e. The molecule has 276 valence electrons. The molecule has 1 aliphatic heterocycles. The lowest BCUT2D eigenvalue weighted by atomic mass is 10.1. The zero-order valence-corrected chi connectivity index (χ0v) is 30.5. The number of imide groups is 1. The number of nitrogens with one attached hydrogen (secondary N) is 1. The van der Waals surface area contributed by atoms with E-state index in [1.807, 2.05) is 73.1 Å². The summed E-state index contributed by atoms with van der Waals surface area (Å²) in [6.45, 7) is 3.22. The first-order valence-corrected chi connectivity index (χ1v) is 18.9. The number of carbonyl (C=O) groups excluding carboxylic acids is 3. The summed E-state index contributed by atoms with van der Waals surface area (Å²) in [5.41, 5.74) is 7.04. The molecule has 4 aromatic heterocycles. The summed E-state index contributed by atoms with van der Waals surface area (Å²) >= 11 is 0. The third-order valence-corrected chi connectivity index (χ3v) is 10.8. The number of aryl methyl sites for hydroxylation is 1. The van der Waals surface area contributed by atoms with Crippen LogP contribution < -0.4 is 15.1 Å². The summed E-state index contributed by atoms with van der Waals surface area (Å²) in [6.07, 6.45) is 10.9. The van der Waals surface area contributed by atoms with Crippen LogP contribution in [0.4, 0.5) is 22.0 Å². The van der Waals surface area contributed by atoms with Crippen LogP contribution in [0.15, 0.2) is 73.2 Å². The van der Waals surface area contributed by atoms with E-state index in [-0.39, 0.29) is 49.4 Å². The topological polar surface area (TPSA) is 138 Å². The summed E-state index contributed by atoms with van der Waals surface area (Å²) in [4.78, 5) is 63.9. The fraction of sp³-hybridized carbons (Fsp3) is 0.390. The number of benzene rings is 1. The molecule has 13 heteroatoms. The van der Waals surface area contributed by atoms with E-state index in [4.69, 9.17) is 14.7 Å². The van der Waals surface area contributed by atoms with Crippen LogP contribution in [0.5, 0.6) is 0 Å². The maximum absolute atomic E-state index is 13.7. The number of fused-ring (bicyclic) bond motifs is 1. The van der Waals surface area contributed by atoms with Gasteiger partial charge in [0.2, 0.25) is 5.91 Å². The highest BCUT2D eigenvalue weighted by Crippen LogP contribution is 2.47. The number of pyridine rings is 2. The zero-order chi connectivity index (χ0) is 36.9. The Labute approximate surface area is 313 Å². The number of hydrogen-bond acceptors (Lipinski definition) is 9. The molecule has 1 N–H and O–H groups in total. The Balaban J connectivity index is 0.914. The van der Waals surface area contributed by atoms with Crippen molar-refractivity contribution in [1.29, 1.82) is 0 Å². The van der Waals surface area contributed by atoms with Gasteiger partial charge in [0.05, 0.1) is 37.7 Å². The van der Waals surface area contributed by atoms with E-state index in [1.165, 1.54) is 4.90 Å². The number of ether oxygens (including phenoxy) is 1. The van der Waals surface area contributed by atoms with Gasteiger partial charge in [-0.05, 0) is 74.3 Å². The Kier molecular flexibility index (Phi) is 8.80. The minimum absolute atomic E-state index is 0.0232. The van der Waals surface area contributed by atoms with Crippen molar-refractivity contribution in [2.75, 3.05) is 41.9 Å². The molecule has 0 bridgehead atoms. The Morgan fingerprint density at radius 3 is 2.57 bits per heavy atom. The van der Waals surface area contributed by atoms with E-state index < -0.39 is 0 Å². The van der Waals surface area contributed by atoms with Gasteiger partial charge in [-0.25, -0.2) is 24.7 Å². The van der Waals surface area contributed by atoms with Crippen LogP contribution in [0.25, 0.3) is 5.65 Å². The Hall–Kier alpha value is -5.69. The van der Waals surface area contributed by atoms with Crippen molar-refractivity contribution in [2.24, 2.45) is 5.92 Å². The molecule has 1 aromatic carbocycles. The number of carbonyl (C=O) groups is 3. The number of aromatic nitrogens is 5. The summed E-state index contributed by atoms with van der Waals surface area (Å²) < 4.78 is 7.79. The average Bonchev–Trinajstić information content (AvgIpc) is 4.05. The Bertz CT molecular complexity index is 2250. The molecule has 0 spiro atoms. The minimum atomic E-state index is -0.359. The fourth-order valence-corrected chi connectivity index (χ4v) is 7.32. The number of amides is 4. The number of imidazole rings is 1. The number of nitrogens with zero attached hydrogens (tertiary/aromatic N) is 8. The normalized spacial score (nSPS) is 19.5. The van der Waals surface area contributed by atoms with Gasteiger partial charge >= 0.3 is 6.03 Å². The molecule has 4 amide bonds. The van der Waals surface area contributed by atoms with E-state index >= 15 is 0 Å². The van der Waals surface area contributed by atoms with E-state index in [0.29, 0.717) is 42.1 Å². The van der Waals surface area contributed by atoms with Crippen LogP contribution >= 0.6 is 0 Å². The molecule has 5 aromatic rings. The SMILES string of the molecule is Cc1ccnc(C2CC2C(=O)Nc2cc(N(C)Cc3cn4cc(C5CC5)cc(N5CC(=O)N(CCOCc6ccccc6)C5=O)c4n3)cc(C3CC3)n2)n1.